The van der Waals surface area contributed by atoms with Crippen LogP contribution in [0.4, 0.5) is 0 Å². The molecule has 0 radical (unpaired) electrons. The van der Waals surface area contributed by atoms with Crippen molar-refractivity contribution in [2.75, 3.05) is 13.2 Å². The second kappa shape index (κ2) is 11.0. The average Bonchev–Trinajstić information content (AvgIpc) is 2.79. The zero-order chi connectivity index (χ0) is 24.6. The minimum absolute atomic E-state index is 0.00192. The molecule has 15 N–H and O–H groups in total. The molecule has 15 atom stereocenters. The maximum absolute atomic E-state index is 11.1. The first-order valence-electron chi connectivity index (χ1n) is 11.1. The molecule has 1 saturated carbocycles. The van der Waals surface area contributed by atoms with E-state index in [-0.39, 0.29) is 19.4 Å². The summed E-state index contributed by atoms with van der Waals surface area (Å²) in [5, 5.41) is 71.3. The smallest absolute Gasteiger partial charge is 0.186 e. The van der Waals surface area contributed by atoms with Crippen molar-refractivity contribution in [2.45, 2.75) is 98.3 Å². The van der Waals surface area contributed by atoms with Gasteiger partial charge in [-0.1, -0.05) is 0 Å². The van der Waals surface area contributed by atoms with Crippen molar-refractivity contribution in [1.82, 2.24) is 0 Å². The molecule has 3 rings (SSSR count). The number of hydrogen-bond acceptors (Lipinski definition) is 14. The zero-order valence-corrected chi connectivity index (χ0v) is 18.2. The summed E-state index contributed by atoms with van der Waals surface area (Å²) in [5.74, 6) is -0.705. The van der Waals surface area contributed by atoms with Crippen molar-refractivity contribution in [3.63, 3.8) is 0 Å². The molecule has 0 amide bonds. The summed E-state index contributed by atoms with van der Waals surface area (Å²) in [6, 6.07) is -2.53. The Hall–Kier alpha value is -0.560. The zero-order valence-electron chi connectivity index (χ0n) is 18.2. The van der Waals surface area contributed by atoms with Crippen molar-refractivity contribution in [1.29, 1.82) is 0 Å². The van der Waals surface area contributed by atoms with E-state index in [0.717, 1.165) is 0 Å². The third-order valence-electron chi connectivity index (χ3n) is 7.07. The van der Waals surface area contributed by atoms with E-state index in [0.29, 0.717) is 0 Å². The van der Waals surface area contributed by atoms with Gasteiger partial charge in [0, 0.05) is 24.5 Å². The van der Waals surface area contributed by atoms with Crippen molar-refractivity contribution >= 4 is 0 Å². The Kier molecular flexibility index (Phi) is 9.02. The molecule has 0 unspecified atom stereocenters. The molecule has 14 nitrogen and oxygen atoms in total. The molecule has 0 spiro atoms. The maximum Gasteiger partial charge on any atom is 0.186 e. The number of ether oxygens (including phenoxy) is 3. The van der Waals surface area contributed by atoms with E-state index in [2.05, 4.69) is 0 Å². The first kappa shape index (κ1) is 27.0. The van der Waals surface area contributed by atoms with Crippen LogP contribution in [0.1, 0.15) is 12.8 Å². The molecular weight excluding hydrogens is 444 g/mol. The molecule has 0 aromatic carbocycles. The Morgan fingerprint density at radius 3 is 1.97 bits per heavy atom. The SMILES string of the molecule is NC[C@H]1O[C@H](C[C@@H]2[C@@H](O)[C@H](O[C@H]3O[C@H](CO)[C@@H](O)[C@H](N)[C@H]3O)[C@@H](N)C[C@H]2N)[C@H](O)[C@@H](O)[C@@H]1O. The van der Waals surface area contributed by atoms with E-state index < -0.39 is 98.0 Å². The Morgan fingerprint density at radius 2 is 1.36 bits per heavy atom. The van der Waals surface area contributed by atoms with Gasteiger partial charge in [0.1, 0.15) is 42.7 Å². The lowest BCUT2D eigenvalue weighted by molar-refractivity contribution is -0.303. The van der Waals surface area contributed by atoms with Gasteiger partial charge >= 0.3 is 0 Å². The first-order valence-corrected chi connectivity index (χ1v) is 11.1. The minimum atomic E-state index is -1.49. The Labute approximate surface area is 191 Å². The van der Waals surface area contributed by atoms with Crippen molar-refractivity contribution in [3.05, 3.63) is 0 Å². The molecule has 0 aromatic rings. The average molecular weight is 483 g/mol. The molecular formula is C19H38N4O10. The lowest BCUT2D eigenvalue weighted by Gasteiger charge is -2.48. The first-order chi connectivity index (χ1) is 15.5. The van der Waals surface area contributed by atoms with Crippen LogP contribution >= 0.6 is 0 Å². The van der Waals surface area contributed by atoms with Gasteiger partial charge in [0.05, 0.1) is 31.0 Å². The molecule has 194 valence electrons. The van der Waals surface area contributed by atoms with Gasteiger partial charge in [-0.3, -0.25) is 0 Å². The van der Waals surface area contributed by atoms with Crippen LogP contribution in [0.25, 0.3) is 0 Å². The van der Waals surface area contributed by atoms with Crippen LogP contribution < -0.4 is 22.9 Å². The van der Waals surface area contributed by atoms with Crippen LogP contribution in [0.3, 0.4) is 0 Å². The third kappa shape index (κ3) is 5.34. The van der Waals surface area contributed by atoms with Crippen molar-refractivity contribution < 1.29 is 50.0 Å². The molecule has 33 heavy (non-hydrogen) atoms. The van der Waals surface area contributed by atoms with Gasteiger partial charge in [-0.05, 0) is 12.8 Å². The summed E-state index contributed by atoms with van der Waals surface area (Å²) in [5.41, 5.74) is 23.8. The van der Waals surface area contributed by atoms with Gasteiger partial charge in [-0.2, -0.15) is 0 Å². The van der Waals surface area contributed by atoms with Crippen LogP contribution in [-0.4, -0.2) is 134 Å². The molecule has 14 heteroatoms. The molecule has 3 aliphatic rings. The van der Waals surface area contributed by atoms with Gasteiger partial charge in [0.15, 0.2) is 6.29 Å². The number of nitrogens with two attached hydrogens (primary N) is 4. The highest BCUT2D eigenvalue weighted by Crippen LogP contribution is 2.35. The number of aliphatic hydroxyl groups excluding tert-OH is 7. The summed E-state index contributed by atoms with van der Waals surface area (Å²) in [7, 11) is 0. The summed E-state index contributed by atoms with van der Waals surface area (Å²) >= 11 is 0. The van der Waals surface area contributed by atoms with E-state index in [4.69, 9.17) is 37.1 Å². The lowest BCUT2D eigenvalue weighted by atomic mass is 9.74. The van der Waals surface area contributed by atoms with E-state index in [1.165, 1.54) is 0 Å². The van der Waals surface area contributed by atoms with Gasteiger partial charge < -0.3 is 72.9 Å². The molecule has 2 heterocycles. The quantitative estimate of drug-likeness (QED) is 0.168. The summed E-state index contributed by atoms with van der Waals surface area (Å²) in [6.45, 7) is -0.659. The van der Waals surface area contributed by atoms with Gasteiger partial charge in [-0.25, -0.2) is 0 Å². The maximum atomic E-state index is 11.1. The van der Waals surface area contributed by atoms with Crippen LogP contribution in [-0.2, 0) is 14.2 Å². The van der Waals surface area contributed by atoms with E-state index >= 15 is 0 Å². The highest BCUT2D eigenvalue weighted by Gasteiger charge is 2.50. The fourth-order valence-electron chi connectivity index (χ4n) is 4.94. The Bertz CT molecular complexity index is 583. The minimum Gasteiger partial charge on any atom is -0.394 e. The number of hydrogen-bond donors (Lipinski definition) is 11. The second-order valence-corrected chi connectivity index (χ2v) is 9.26. The predicted molar refractivity (Wildman–Crippen MR) is 111 cm³/mol. The summed E-state index contributed by atoms with van der Waals surface area (Å²) in [6.07, 6.45) is -13.6. The Balaban J connectivity index is 1.72. The van der Waals surface area contributed by atoms with Crippen LogP contribution in [0.2, 0.25) is 0 Å². The lowest BCUT2D eigenvalue weighted by Crippen LogP contribution is -2.66. The van der Waals surface area contributed by atoms with Crippen LogP contribution in [0.15, 0.2) is 0 Å². The molecule has 2 aliphatic heterocycles. The fraction of sp³-hybridized carbons (Fsp3) is 1.00. The standard InChI is InChI=1S/C19H38N4O10/c20-3-9-15(28)17(30)14(27)8(31-9)1-5-6(21)2-7(22)18(12(5)25)33-19-16(29)11(23)13(26)10(4-24)32-19/h5-19,24-30H,1-4,20-23H2/t5-,6+,7-,8+,9+,10+,11-,12+,13+,14-,15+,16+,17+,18+,19+/m0/s1. The highest BCUT2D eigenvalue weighted by molar-refractivity contribution is 5.02. The van der Waals surface area contributed by atoms with Crippen LogP contribution in [0.5, 0.6) is 0 Å². The van der Waals surface area contributed by atoms with Gasteiger partial charge in [0.2, 0.25) is 0 Å². The normalized spacial score (nSPS) is 53.7. The number of aliphatic hydroxyl groups is 7. The van der Waals surface area contributed by atoms with E-state index in [1.54, 1.807) is 0 Å². The molecule has 0 aromatic heterocycles. The second-order valence-electron chi connectivity index (χ2n) is 9.26. The largest absolute Gasteiger partial charge is 0.394 e. The number of rotatable bonds is 6. The monoisotopic (exact) mass is 482 g/mol. The van der Waals surface area contributed by atoms with Gasteiger partial charge in [-0.15, -0.1) is 0 Å². The molecule has 2 saturated heterocycles. The molecule has 0 bridgehead atoms. The summed E-state index contributed by atoms with van der Waals surface area (Å²) in [4.78, 5) is 0. The third-order valence-corrected chi connectivity index (χ3v) is 7.07. The van der Waals surface area contributed by atoms with Gasteiger partial charge in [0.25, 0.3) is 0 Å². The Morgan fingerprint density at radius 1 is 0.727 bits per heavy atom. The van der Waals surface area contributed by atoms with Crippen LogP contribution in [0, 0.1) is 5.92 Å². The van der Waals surface area contributed by atoms with Crippen molar-refractivity contribution in [3.8, 4) is 0 Å². The topological polar surface area (TPSA) is 273 Å². The summed E-state index contributed by atoms with van der Waals surface area (Å²) < 4.78 is 16.9. The highest BCUT2D eigenvalue weighted by atomic mass is 16.7. The fourth-order valence-corrected chi connectivity index (χ4v) is 4.94. The molecule has 3 fully saturated rings. The van der Waals surface area contributed by atoms with E-state index in [9.17, 15) is 35.7 Å². The van der Waals surface area contributed by atoms with Crippen molar-refractivity contribution in [2.24, 2.45) is 28.9 Å². The van der Waals surface area contributed by atoms with E-state index in [1.807, 2.05) is 0 Å². The molecule has 1 aliphatic carbocycles. The predicted octanol–water partition coefficient (Wildman–Crippen LogP) is -6.63.